The monoisotopic (exact) mass is 382 g/mol. The van der Waals surface area contributed by atoms with Gasteiger partial charge in [-0.15, -0.1) is 0 Å². The van der Waals surface area contributed by atoms with Gasteiger partial charge >= 0.3 is 0 Å². The molecule has 2 aromatic rings. The summed E-state index contributed by atoms with van der Waals surface area (Å²) in [6, 6.07) is 8.31. The zero-order chi connectivity index (χ0) is 19.7. The number of pyridine rings is 1. The first-order valence-corrected chi connectivity index (χ1v) is 10.3. The van der Waals surface area contributed by atoms with Gasteiger partial charge in [-0.05, 0) is 32.4 Å². The van der Waals surface area contributed by atoms with Gasteiger partial charge in [-0.3, -0.25) is 14.7 Å². The number of piperazine rings is 1. The number of hydrogen-bond donors (Lipinski definition) is 0. The zero-order valence-corrected chi connectivity index (χ0v) is 17.1. The molecule has 150 valence electrons. The Labute approximate surface area is 167 Å². The van der Waals surface area contributed by atoms with E-state index in [0.717, 1.165) is 37.4 Å². The number of ether oxygens (including phenoxy) is 1. The highest BCUT2D eigenvalue weighted by Crippen LogP contribution is 2.32. The lowest BCUT2D eigenvalue weighted by Crippen LogP contribution is -2.56. The summed E-state index contributed by atoms with van der Waals surface area (Å²) in [6.07, 6.45) is 0. The van der Waals surface area contributed by atoms with Crippen LogP contribution in [0.5, 0.6) is 0 Å². The van der Waals surface area contributed by atoms with E-state index in [1.165, 1.54) is 16.6 Å². The van der Waals surface area contributed by atoms with E-state index in [0.29, 0.717) is 26.3 Å². The van der Waals surface area contributed by atoms with E-state index >= 15 is 0 Å². The largest absolute Gasteiger partial charge is 0.378 e. The van der Waals surface area contributed by atoms with Gasteiger partial charge in [0.2, 0.25) is 5.91 Å². The Morgan fingerprint density at radius 1 is 1.04 bits per heavy atom. The molecule has 1 atom stereocenters. The number of nitrogens with zero attached hydrogens (tertiary/aromatic N) is 4. The van der Waals surface area contributed by atoms with Crippen LogP contribution in [0.1, 0.15) is 18.2 Å². The third kappa shape index (κ3) is 3.59. The van der Waals surface area contributed by atoms with Gasteiger partial charge in [-0.2, -0.15) is 0 Å². The Morgan fingerprint density at radius 3 is 2.43 bits per heavy atom. The first-order chi connectivity index (χ1) is 13.6. The van der Waals surface area contributed by atoms with Crippen molar-refractivity contribution in [1.29, 1.82) is 0 Å². The van der Waals surface area contributed by atoms with Crippen molar-refractivity contribution in [3.63, 3.8) is 0 Å². The summed E-state index contributed by atoms with van der Waals surface area (Å²) in [5.41, 5.74) is 4.70. The van der Waals surface area contributed by atoms with Crippen molar-refractivity contribution in [1.82, 2.24) is 14.8 Å². The highest BCUT2D eigenvalue weighted by Gasteiger charge is 2.30. The first kappa shape index (κ1) is 19.2. The maximum absolute atomic E-state index is 12.8. The molecule has 1 aromatic heterocycles. The normalized spacial score (nSPS) is 19.8. The molecule has 3 heterocycles. The molecular weight excluding hydrogens is 352 g/mol. The molecule has 2 fully saturated rings. The van der Waals surface area contributed by atoms with Gasteiger partial charge in [0.15, 0.2) is 0 Å². The van der Waals surface area contributed by atoms with Crippen LogP contribution in [0, 0.1) is 13.8 Å². The molecule has 4 rings (SSSR count). The van der Waals surface area contributed by atoms with Crippen LogP contribution in [-0.4, -0.2) is 79.2 Å². The van der Waals surface area contributed by atoms with Gasteiger partial charge in [0.25, 0.3) is 0 Å². The van der Waals surface area contributed by atoms with Gasteiger partial charge in [0.1, 0.15) is 0 Å². The molecule has 2 aliphatic heterocycles. The number of morpholine rings is 1. The van der Waals surface area contributed by atoms with Crippen LogP contribution in [0.3, 0.4) is 0 Å². The van der Waals surface area contributed by atoms with Crippen LogP contribution in [-0.2, 0) is 9.53 Å². The summed E-state index contributed by atoms with van der Waals surface area (Å²) in [5.74, 6) is 0.234. The maximum atomic E-state index is 12.8. The van der Waals surface area contributed by atoms with Gasteiger partial charge in [-0.25, -0.2) is 0 Å². The number of para-hydroxylation sites is 1. The lowest BCUT2D eigenvalue weighted by atomic mass is 10.0. The second kappa shape index (κ2) is 8.05. The minimum absolute atomic E-state index is 0.0720. The summed E-state index contributed by atoms with van der Waals surface area (Å²) < 4.78 is 5.37. The Kier molecular flexibility index (Phi) is 5.51. The van der Waals surface area contributed by atoms with Crippen molar-refractivity contribution in [3.8, 4) is 0 Å². The Balaban J connectivity index is 1.48. The maximum Gasteiger partial charge on any atom is 0.239 e. The van der Waals surface area contributed by atoms with Crippen LogP contribution < -0.4 is 4.90 Å². The molecule has 0 spiro atoms. The van der Waals surface area contributed by atoms with E-state index in [1.807, 2.05) is 17.9 Å². The third-order valence-electron chi connectivity index (χ3n) is 6.20. The molecule has 2 saturated heterocycles. The summed E-state index contributed by atoms with van der Waals surface area (Å²) in [5, 5.41) is 1.22. The highest BCUT2D eigenvalue weighted by atomic mass is 16.5. The average molecular weight is 383 g/mol. The van der Waals surface area contributed by atoms with E-state index in [4.69, 9.17) is 9.72 Å². The zero-order valence-electron chi connectivity index (χ0n) is 17.1. The smallest absolute Gasteiger partial charge is 0.239 e. The predicted octanol–water partition coefficient (Wildman–Crippen LogP) is 2.22. The van der Waals surface area contributed by atoms with E-state index in [2.05, 4.69) is 41.8 Å². The predicted molar refractivity (Wildman–Crippen MR) is 112 cm³/mol. The summed E-state index contributed by atoms with van der Waals surface area (Å²) in [6.45, 7) is 12.7. The van der Waals surface area contributed by atoms with Crippen molar-refractivity contribution >= 4 is 22.5 Å². The second-order valence-electron chi connectivity index (χ2n) is 7.82. The number of anilines is 1. The number of fused-ring (bicyclic) bond motifs is 1. The molecule has 0 N–H and O–H groups in total. The van der Waals surface area contributed by atoms with Crippen LogP contribution in [0.4, 0.5) is 5.69 Å². The minimum Gasteiger partial charge on any atom is -0.378 e. The van der Waals surface area contributed by atoms with Crippen LogP contribution in [0.25, 0.3) is 10.9 Å². The van der Waals surface area contributed by atoms with Crippen molar-refractivity contribution in [3.05, 3.63) is 35.5 Å². The lowest BCUT2D eigenvalue weighted by molar-refractivity contribution is -0.140. The van der Waals surface area contributed by atoms with Crippen molar-refractivity contribution in [2.45, 2.75) is 26.8 Å². The molecule has 0 bridgehead atoms. The quantitative estimate of drug-likeness (QED) is 0.815. The molecule has 1 aromatic carbocycles. The van der Waals surface area contributed by atoms with E-state index in [9.17, 15) is 4.79 Å². The third-order valence-corrected chi connectivity index (χ3v) is 6.20. The molecule has 0 aliphatic carbocycles. The van der Waals surface area contributed by atoms with Crippen molar-refractivity contribution in [2.24, 2.45) is 0 Å². The molecule has 6 heteroatoms. The minimum atomic E-state index is -0.0720. The fourth-order valence-electron chi connectivity index (χ4n) is 4.35. The fraction of sp³-hybridized carbons (Fsp3) is 0.545. The number of hydrogen-bond acceptors (Lipinski definition) is 5. The summed E-state index contributed by atoms with van der Waals surface area (Å²) >= 11 is 0. The fourth-order valence-corrected chi connectivity index (χ4v) is 4.35. The average Bonchev–Trinajstić information content (AvgIpc) is 2.74. The molecular formula is C22H30N4O2. The molecule has 6 nitrogen and oxygen atoms in total. The molecule has 0 radical (unpaired) electrons. The van der Waals surface area contributed by atoms with Gasteiger partial charge in [-0.1, -0.05) is 18.2 Å². The number of carbonyl (C=O) groups is 1. The lowest BCUT2D eigenvalue weighted by Gasteiger charge is -2.41. The summed E-state index contributed by atoms with van der Waals surface area (Å²) in [7, 11) is 0. The van der Waals surface area contributed by atoms with E-state index < -0.39 is 0 Å². The number of aromatic nitrogens is 1. The second-order valence-corrected chi connectivity index (χ2v) is 7.82. The molecule has 28 heavy (non-hydrogen) atoms. The first-order valence-electron chi connectivity index (χ1n) is 10.3. The van der Waals surface area contributed by atoms with E-state index in [-0.39, 0.29) is 11.9 Å². The van der Waals surface area contributed by atoms with Gasteiger partial charge < -0.3 is 14.5 Å². The molecule has 2 aliphatic rings. The van der Waals surface area contributed by atoms with Gasteiger partial charge in [0.05, 0.1) is 30.5 Å². The Hall–Kier alpha value is -2.18. The van der Waals surface area contributed by atoms with Crippen LogP contribution >= 0.6 is 0 Å². The highest BCUT2D eigenvalue weighted by molar-refractivity contribution is 5.94. The molecule has 0 saturated carbocycles. The number of amides is 1. The Morgan fingerprint density at radius 2 is 1.71 bits per heavy atom. The van der Waals surface area contributed by atoms with E-state index in [1.54, 1.807) is 0 Å². The van der Waals surface area contributed by atoms with Gasteiger partial charge in [0, 0.05) is 50.3 Å². The topological polar surface area (TPSA) is 48.9 Å². The number of rotatable bonds is 3. The SMILES string of the molecule is Cc1nc2ccccc2c(N2CCN(C(C)C(=O)N3CCOCC3)CC2)c1C. The van der Waals surface area contributed by atoms with Crippen molar-refractivity contribution in [2.75, 3.05) is 57.4 Å². The number of aryl methyl sites for hydroxylation is 1. The number of benzene rings is 1. The van der Waals surface area contributed by atoms with Crippen molar-refractivity contribution < 1.29 is 9.53 Å². The standard InChI is InChI=1S/C22H30N4O2/c1-16-17(2)23-20-7-5-4-6-19(20)21(16)25-10-8-24(9-11-25)18(3)22(27)26-12-14-28-15-13-26/h4-7,18H,8-15H2,1-3H3. The summed E-state index contributed by atoms with van der Waals surface area (Å²) in [4.78, 5) is 24.3. The van der Waals surface area contributed by atoms with Crippen LogP contribution in [0.15, 0.2) is 24.3 Å². The molecule has 1 unspecified atom stereocenters. The Bertz CT molecular complexity index is 855. The van der Waals surface area contributed by atoms with Crippen LogP contribution in [0.2, 0.25) is 0 Å². The molecule has 1 amide bonds. The number of carbonyl (C=O) groups excluding carboxylic acids is 1.